The molecule has 0 aliphatic carbocycles. The summed E-state index contributed by atoms with van der Waals surface area (Å²) in [6.07, 6.45) is 0. The zero-order valence-corrected chi connectivity index (χ0v) is 19.6. The molecule has 12 heteroatoms. The molecule has 2 aromatic carbocycles. The van der Waals surface area contributed by atoms with Gasteiger partial charge in [0.25, 0.3) is 17.4 Å². The van der Waals surface area contributed by atoms with Crippen LogP contribution in [0.2, 0.25) is 0 Å². The Bertz CT molecular complexity index is 1190. The van der Waals surface area contributed by atoms with Gasteiger partial charge in [0.2, 0.25) is 0 Å². The average Bonchev–Trinajstić information content (AvgIpc) is 2.81. The van der Waals surface area contributed by atoms with Gasteiger partial charge < -0.3 is 23.8 Å². The van der Waals surface area contributed by atoms with Gasteiger partial charge in [-0.05, 0) is 26.0 Å². The lowest BCUT2D eigenvalue weighted by atomic mass is 10.1. The number of nitro groups is 1. The van der Waals surface area contributed by atoms with Crippen molar-refractivity contribution in [1.29, 1.82) is 0 Å². The molecule has 0 saturated heterocycles. The quantitative estimate of drug-likeness (QED) is 0.245. The monoisotopic (exact) mass is 476 g/mol. The van der Waals surface area contributed by atoms with Crippen LogP contribution in [0.4, 0.5) is 11.4 Å². The molecule has 176 valence electrons. The first-order valence-electron chi connectivity index (χ1n) is 10.2. The number of nitrogens with one attached hydrogen (secondary N) is 1. The van der Waals surface area contributed by atoms with Crippen LogP contribution in [0, 0.1) is 10.1 Å². The van der Waals surface area contributed by atoms with Gasteiger partial charge in [0, 0.05) is 29.9 Å². The molecule has 3 aromatic rings. The van der Waals surface area contributed by atoms with Gasteiger partial charge in [0.15, 0.2) is 0 Å². The summed E-state index contributed by atoms with van der Waals surface area (Å²) < 4.78 is 34.7. The molecule has 1 N–H and O–H groups in total. The molecular weight excluding hydrogens is 451 g/mol. The fraction of sp³-hybridized carbons (Fsp3) is 0.333. The summed E-state index contributed by atoms with van der Waals surface area (Å²) in [7, 11) is -0.728. The van der Waals surface area contributed by atoms with E-state index in [-0.39, 0.29) is 42.7 Å². The zero-order chi connectivity index (χ0) is 24.0. The lowest BCUT2D eigenvalue weighted by Crippen LogP contribution is -2.16. The van der Waals surface area contributed by atoms with Crippen LogP contribution in [0.15, 0.2) is 36.4 Å². The summed E-state index contributed by atoms with van der Waals surface area (Å²) in [4.78, 5) is 19.7. The van der Waals surface area contributed by atoms with Crippen molar-refractivity contribution in [3.63, 3.8) is 0 Å². The number of methoxy groups -OCH3 is 2. The molecule has 0 aliphatic rings. The van der Waals surface area contributed by atoms with Gasteiger partial charge in [-0.1, -0.05) is 12.1 Å². The minimum atomic E-state index is -3.56. The van der Waals surface area contributed by atoms with E-state index in [1.165, 1.54) is 26.4 Å². The highest BCUT2D eigenvalue weighted by Gasteiger charge is 2.29. The highest BCUT2D eigenvalue weighted by molar-refractivity contribution is 7.62. The molecule has 1 aromatic heterocycles. The maximum absolute atomic E-state index is 13.3. The van der Waals surface area contributed by atoms with Gasteiger partial charge in [-0.15, -0.1) is 0 Å². The fourth-order valence-corrected chi connectivity index (χ4v) is 5.01. The highest BCUT2D eigenvalue weighted by Crippen LogP contribution is 2.48. The molecule has 0 spiro atoms. The Kier molecular flexibility index (Phi) is 7.80. The Morgan fingerprint density at radius 2 is 1.67 bits per heavy atom. The molecule has 3 rings (SSSR count). The van der Waals surface area contributed by atoms with Gasteiger partial charge in [0.1, 0.15) is 5.52 Å². The van der Waals surface area contributed by atoms with E-state index in [1.807, 2.05) is 0 Å². The van der Waals surface area contributed by atoms with Crippen LogP contribution in [0.25, 0.3) is 11.0 Å². The number of fused-ring (bicyclic) bond motifs is 1. The molecule has 0 saturated carbocycles. The summed E-state index contributed by atoms with van der Waals surface area (Å²) in [6.45, 7) is 4.00. The molecule has 0 atom stereocenters. The van der Waals surface area contributed by atoms with E-state index in [0.29, 0.717) is 22.1 Å². The number of hydrogen-bond donors (Lipinski definition) is 1. The first kappa shape index (κ1) is 24.4. The fourth-order valence-electron chi connectivity index (χ4n) is 3.26. The van der Waals surface area contributed by atoms with E-state index < -0.39 is 12.5 Å². The summed E-state index contributed by atoms with van der Waals surface area (Å²) in [5.74, 6) is 0.266. The Hall–Kier alpha value is -3.27. The Balaban J connectivity index is 2.06. The molecule has 0 bridgehead atoms. The minimum Gasteiger partial charge on any atom is -0.477 e. The van der Waals surface area contributed by atoms with E-state index in [4.69, 9.17) is 18.5 Å². The van der Waals surface area contributed by atoms with E-state index >= 15 is 0 Å². The number of benzene rings is 2. The number of ether oxygens (including phenoxy) is 2. The Morgan fingerprint density at radius 1 is 1.03 bits per heavy atom. The first-order chi connectivity index (χ1) is 15.9. The summed E-state index contributed by atoms with van der Waals surface area (Å²) in [6, 6.07) is 9.62. The number of rotatable bonds is 11. The van der Waals surface area contributed by atoms with E-state index in [0.717, 1.165) is 0 Å². The second-order valence-corrected chi connectivity index (χ2v) is 8.67. The van der Waals surface area contributed by atoms with Crippen LogP contribution < -0.4 is 20.1 Å². The standard InChI is InChI=1S/C21H25N4O7P/c1-5-31-33(28,32-6-2)18-10-8-7-9-16(18)22-13-14-11-15(25(26)27)12-17-19(14)24-21(30-4)20(23-17)29-3/h7-12,22H,5-6,13H2,1-4H3. The predicted octanol–water partition coefficient (Wildman–Crippen LogP) is 4.06. The topological polar surface area (TPSA) is 135 Å². The van der Waals surface area contributed by atoms with Crippen molar-refractivity contribution in [2.75, 3.05) is 32.8 Å². The molecule has 33 heavy (non-hydrogen) atoms. The summed E-state index contributed by atoms with van der Waals surface area (Å²) in [5, 5.41) is 15.0. The lowest BCUT2D eigenvalue weighted by Gasteiger charge is -2.20. The molecule has 0 radical (unpaired) electrons. The minimum absolute atomic E-state index is 0.115. The van der Waals surface area contributed by atoms with Crippen LogP contribution in [0.5, 0.6) is 11.8 Å². The molecule has 11 nitrogen and oxygen atoms in total. The van der Waals surface area contributed by atoms with Crippen LogP contribution in [0.1, 0.15) is 19.4 Å². The van der Waals surface area contributed by atoms with Crippen LogP contribution >= 0.6 is 7.60 Å². The number of anilines is 1. The second kappa shape index (κ2) is 10.6. The Morgan fingerprint density at radius 3 is 2.27 bits per heavy atom. The molecule has 1 heterocycles. The van der Waals surface area contributed by atoms with Gasteiger partial charge in [-0.25, -0.2) is 9.97 Å². The number of aromatic nitrogens is 2. The largest absolute Gasteiger partial charge is 0.477 e. The molecule has 0 unspecified atom stereocenters. The highest BCUT2D eigenvalue weighted by atomic mass is 31.2. The normalized spacial score (nSPS) is 11.4. The van der Waals surface area contributed by atoms with E-state index in [9.17, 15) is 14.7 Å². The van der Waals surface area contributed by atoms with E-state index in [2.05, 4.69) is 15.3 Å². The molecule has 0 amide bonds. The third kappa shape index (κ3) is 5.22. The molecule has 0 aliphatic heterocycles. The number of nitro benzene ring substituents is 1. The predicted molar refractivity (Wildman–Crippen MR) is 124 cm³/mol. The lowest BCUT2D eigenvalue weighted by molar-refractivity contribution is -0.384. The van der Waals surface area contributed by atoms with Crippen molar-refractivity contribution >= 4 is 35.3 Å². The second-order valence-electron chi connectivity index (χ2n) is 6.68. The van der Waals surface area contributed by atoms with Gasteiger partial charge >= 0.3 is 7.60 Å². The van der Waals surface area contributed by atoms with Crippen LogP contribution in [-0.4, -0.2) is 42.3 Å². The third-order valence-electron chi connectivity index (χ3n) is 4.64. The van der Waals surface area contributed by atoms with Crippen molar-refractivity contribution < 1.29 is 28.0 Å². The van der Waals surface area contributed by atoms with E-state index in [1.54, 1.807) is 38.1 Å². The Labute approximate surface area is 190 Å². The maximum Gasteiger partial charge on any atom is 0.363 e. The van der Waals surface area contributed by atoms with Gasteiger partial charge in [-0.3, -0.25) is 14.7 Å². The average molecular weight is 476 g/mol. The van der Waals surface area contributed by atoms with Gasteiger partial charge in [-0.2, -0.15) is 0 Å². The maximum atomic E-state index is 13.3. The first-order valence-corrected chi connectivity index (χ1v) is 11.7. The van der Waals surface area contributed by atoms with Crippen molar-refractivity contribution in [3.8, 4) is 11.8 Å². The van der Waals surface area contributed by atoms with Crippen LogP contribution in [-0.2, 0) is 20.2 Å². The third-order valence-corrected chi connectivity index (χ3v) is 6.81. The van der Waals surface area contributed by atoms with Crippen LogP contribution in [0.3, 0.4) is 0 Å². The van der Waals surface area contributed by atoms with Crippen molar-refractivity contribution in [3.05, 3.63) is 52.1 Å². The molecular formula is C21H25N4O7P. The number of nitrogens with zero attached hydrogens (tertiary/aromatic N) is 3. The number of hydrogen-bond acceptors (Lipinski definition) is 10. The number of para-hydroxylation sites is 1. The van der Waals surface area contributed by atoms with Crippen molar-refractivity contribution in [2.24, 2.45) is 0 Å². The smallest absolute Gasteiger partial charge is 0.363 e. The zero-order valence-electron chi connectivity index (χ0n) is 18.7. The SMILES string of the molecule is CCOP(=O)(OCC)c1ccccc1NCc1cc([N+](=O)[O-])cc2nc(OC)c(OC)nc12. The van der Waals surface area contributed by atoms with Crippen molar-refractivity contribution in [1.82, 2.24) is 9.97 Å². The molecule has 0 fully saturated rings. The summed E-state index contributed by atoms with van der Waals surface area (Å²) >= 11 is 0. The summed E-state index contributed by atoms with van der Waals surface area (Å²) in [5.41, 5.74) is 1.53. The number of non-ortho nitro benzene ring substituents is 1. The van der Waals surface area contributed by atoms with Crippen molar-refractivity contribution in [2.45, 2.75) is 20.4 Å². The van der Waals surface area contributed by atoms with Gasteiger partial charge in [0.05, 0.1) is 43.2 Å².